The van der Waals surface area contributed by atoms with Gasteiger partial charge >= 0.3 is 0 Å². The monoisotopic (exact) mass is 267 g/mol. The Balaban J connectivity index is 4.42. The van der Waals surface area contributed by atoms with E-state index in [-0.39, 0.29) is 25.1 Å². The summed E-state index contributed by atoms with van der Waals surface area (Å²) in [7, 11) is -3.41. The first kappa shape index (κ1) is 16.8. The van der Waals surface area contributed by atoms with Gasteiger partial charge in [0.1, 0.15) is 0 Å². The maximum atomic E-state index is 11.8. The molecule has 2 N–H and O–H groups in total. The zero-order chi connectivity index (χ0) is 13.5. The molecule has 6 heteroatoms. The Hall–Kier alpha value is -0.170. The van der Waals surface area contributed by atoms with Crippen molar-refractivity contribution in [1.82, 2.24) is 4.72 Å². The Labute approximate surface area is 105 Å². The maximum absolute atomic E-state index is 11.8. The molecule has 0 radical (unpaired) electrons. The van der Waals surface area contributed by atoms with Gasteiger partial charge < -0.3 is 9.84 Å². The number of rotatable bonds is 9. The molecule has 0 bridgehead atoms. The predicted molar refractivity (Wildman–Crippen MR) is 68.4 cm³/mol. The van der Waals surface area contributed by atoms with Gasteiger partial charge in [0.2, 0.25) is 10.0 Å². The van der Waals surface area contributed by atoms with E-state index in [2.05, 4.69) is 4.72 Å². The number of sulfonamides is 1. The summed E-state index contributed by atoms with van der Waals surface area (Å²) in [5.74, 6) is -0.0765. The summed E-state index contributed by atoms with van der Waals surface area (Å²) in [5.41, 5.74) is -0.739. The molecule has 0 aromatic carbocycles. The van der Waals surface area contributed by atoms with Gasteiger partial charge in [-0.05, 0) is 26.7 Å². The quantitative estimate of drug-likeness (QED) is 0.650. The smallest absolute Gasteiger partial charge is 0.214 e. The summed E-state index contributed by atoms with van der Waals surface area (Å²) in [6.07, 6.45) is 1.14. The number of hydrogen-bond donors (Lipinski definition) is 2. The van der Waals surface area contributed by atoms with Crippen LogP contribution >= 0.6 is 0 Å². The minimum Gasteiger partial charge on any atom is -0.394 e. The lowest BCUT2D eigenvalue weighted by atomic mass is 9.96. The maximum Gasteiger partial charge on any atom is 0.214 e. The van der Waals surface area contributed by atoms with Gasteiger partial charge in [0.15, 0.2) is 0 Å². The largest absolute Gasteiger partial charge is 0.394 e. The van der Waals surface area contributed by atoms with Crippen molar-refractivity contribution in [2.75, 3.05) is 19.0 Å². The Bertz CT molecular complexity index is 288. The third-order valence-corrected chi connectivity index (χ3v) is 4.28. The van der Waals surface area contributed by atoms with Crippen LogP contribution in [0.4, 0.5) is 0 Å². The van der Waals surface area contributed by atoms with Crippen molar-refractivity contribution in [1.29, 1.82) is 0 Å². The van der Waals surface area contributed by atoms with E-state index in [1.54, 1.807) is 0 Å². The van der Waals surface area contributed by atoms with Crippen LogP contribution in [0.5, 0.6) is 0 Å². The van der Waals surface area contributed by atoms with E-state index in [0.29, 0.717) is 12.8 Å². The van der Waals surface area contributed by atoms with Crippen LogP contribution in [0.25, 0.3) is 0 Å². The van der Waals surface area contributed by atoms with Crippen LogP contribution in [0.1, 0.15) is 40.5 Å². The molecule has 17 heavy (non-hydrogen) atoms. The van der Waals surface area contributed by atoms with Crippen molar-refractivity contribution in [3.05, 3.63) is 0 Å². The average Bonchev–Trinajstić information content (AvgIpc) is 2.25. The molecule has 0 aliphatic carbocycles. The molecule has 0 atom stereocenters. The second-order valence-electron chi connectivity index (χ2n) is 4.49. The van der Waals surface area contributed by atoms with Crippen LogP contribution in [-0.2, 0) is 14.8 Å². The van der Waals surface area contributed by atoms with Gasteiger partial charge in [0, 0.05) is 0 Å². The second-order valence-corrected chi connectivity index (χ2v) is 6.33. The fourth-order valence-electron chi connectivity index (χ4n) is 1.42. The minimum absolute atomic E-state index is 0.0187. The van der Waals surface area contributed by atoms with Gasteiger partial charge in [0.25, 0.3) is 0 Å². The fraction of sp³-hybridized carbons (Fsp3) is 1.00. The lowest BCUT2D eigenvalue weighted by molar-refractivity contribution is 0.0908. The molecule has 0 aromatic heterocycles. The van der Waals surface area contributed by atoms with E-state index in [9.17, 15) is 13.5 Å². The number of hydrogen-bond acceptors (Lipinski definition) is 4. The third-order valence-electron chi connectivity index (χ3n) is 2.83. The molecular weight excluding hydrogens is 242 g/mol. The van der Waals surface area contributed by atoms with E-state index in [1.165, 1.54) is 0 Å². The minimum atomic E-state index is -3.41. The highest BCUT2D eigenvalue weighted by Crippen LogP contribution is 2.15. The van der Waals surface area contributed by atoms with E-state index < -0.39 is 15.6 Å². The molecule has 0 aliphatic heterocycles. The van der Waals surface area contributed by atoms with Gasteiger partial charge in [-0.15, -0.1) is 0 Å². The number of nitrogens with one attached hydrogen (secondary N) is 1. The van der Waals surface area contributed by atoms with Crippen molar-refractivity contribution in [3.8, 4) is 0 Å². The van der Waals surface area contributed by atoms with Crippen molar-refractivity contribution in [3.63, 3.8) is 0 Å². The molecule has 0 saturated carbocycles. The van der Waals surface area contributed by atoms with Gasteiger partial charge in [-0.3, -0.25) is 0 Å². The molecule has 0 rings (SSSR count). The van der Waals surface area contributed by atoms with E-state index in [1.807, 2.05) is 27.7 Å². The Kier molecular flexibility index (Phi) is 7.23. The summed E-state index contributed by atoms with van der Waals surface area (Å²) in [6, 6.07) is 0. The first-order valence-electron chi connectivity index (χ1n) is 6.05. The van der Waals surface area contributed by atoms with Gasteiger partial charge in [0.05, 0.1) is 30.6 Å². The highest BCUT2D eigenvalue weighted by atomic mass is 32.2. The van der Waals surface area contributed by atoms with E-state index >= 15 is 0 Å². The Morgan fingerprint density at radius 2 is 1.82 bits per heavy atom. The van der Waals surface area contributed by atoms with Crippen LogP contribution in [0.15, 0.2) is 0 Å². The van der Waals surface area contributed by atoms with E-state index in [4.69, 9.17) is 4.74 Å². The molecule has 0 amide bonds. The fourth-order valence-corrected chi connectivity index (χ4v) is 2.86. The normalized spacial score (nSPS) is 13.3. The van der Waals surface area contributed by atoms with Crippen molar-refractivity contribution in [2.24, 2.45) is 0 Å². The first-order valence-corrected chi connectivity index (χ1v) is 7.70. The molecule has 0 saturated heterocycles. The second kappa shape index (κ2) is 7.31. The zero-order valence-electron chi connectivity index (χ0n) is 11.2. The first-order chi connectivity index (χ1) is 7.81. The van der Waals surface area contributed by atoms with Gasteiger partial charge in [-0.1, -0.05) is 13.8 Å². The summed E-state index contributed by atoms with van der Waals surface area (Å²) in [6.45, 7) is 7.40. The van der Waals surface area contributed by atoms with Crippen LogP contribution in [0.2, 0.25) is 0 Å². The molecule has 0 aliphatic rings. The van der Waals surface area contributed by atoms with Crippen LogP contribution in [0, 0.1) is 0 Å². The molecule has 5 nitrogen and oxygen atoms in total. The van der Waals surface area contributed by atoms with Crippen molar-refractivity contribution in [2.45, 2.75) is 52.2 Å². The topological polar surface area (TPSA) is 75.6 Å². The molecule has 0 aromatic rings. The zero-order valence-corrected chi connectivity index (χ0v) is 12.0. The Morgan fingerprint density at radius 1 is 1.29 bits per heavy atom. The number of ether oxygens (including phenoxy) is 1. The van der Waals surface area contributed by atoms with Crippen LogP contribution < -0.4 is 4.72 Å². The summed E-state index contributed by atoms with van der Waals surface area (Å²) in [4.78, 5) is 0. The molecule has 0 spiro atoms. The highest BCUT2D eigenvalue weighted by molar-refractivity contribution is 7.89. The van der Waals surface area contributed by atoms with Gasteiger partial charge in [-0.25, -0.2) is 13.1 Å². The van der Waals surface area contributed by atoms with Gasteiger partial charge in [-0.2, -0.15) is 0 Å². The predicted octanol–water partition coefficient (Wildman–Crippen LogP) is 0.882. The average molecular weight is 267 g/mol. The standard InChI is InChI=1S/C11H25NO4S/c1-5-11(6-2,9-13)12-17(14,15)8-7-16-10(3)4/h10,12-13H,5-9H2,1-4H3. The van der Waals surface area contributed by atoms with Crippen molar-refractivity contribution < 1.29 is 18.3 Å². The lowest BCUT2D eigenvalue weighted by Gasteiger charge is -2.30. The molecule has 0 unspecified atom stereocenters. The molecule has 0 fully saturated rings. The SMILES string of the molecule is CCC(CC)(CO)NS(=O)(=O)CCOC(C)C. The molecule has 0 heterocycles. The molecule has 104 valence electrons. The third kappa shape index (κ3) is 6.35. The van der Waals surface area contributed by atoms with Crippen molar-refractivity contribution >= 4 is 10.0 Å². The van der Waals surface area contributed by atoms with E-state index in [0.717, 1.165) is 0 Å². The van der Waals surface area contributed by atoms with Crippen LogP contribution in [0.3, 0.4) is 0 Å². The summed E-state index contributed by atoms with van der Waals surface area (Å²) in [5, 5.41) is 9.30. The van der Waals surface area contributed by atoms with Crippen LogP contribution in [-0.4, -0.2) is 44.1 Å². The Morgan fingerprint density at radius 3 is 2.18 bits per heavy atom. The highest BCUT2D eigenvalue weighted by Gasteiger charge is 2.30. The molecular formula is C11H25NO4S. The summed E-state index contributed by atoms with van der Waals surface area (Å²) < 4.78 is 31.4. The summed E-state index contributed by atoms with van der Waals surface area (Å²) >= 11 is 0. The number of aliphatic hydroxyl groups is 1. The number of aliphatic hydroxyl groups excluding tert-OH is 1. The lowest BCUT2D eigenvalue weighted by Crippen LogP contribution is -2.51.